The Morgan fingerprint density at radius 2 is 2.18 bits per heavy atom. The van der Waals surface area contributed by atoms with Gasteiger partial charge in [0.15, 0.2) is 5.82 Å². The molecule has 1 aliphatic rings. The zero-order valence-electron chi connectivity index (χ0n) is 10.1. The Hall–Kier alpha value is -1.69. The summed E-state index contributed by atoms with van der Waals surface area (Å²) in [5, 5.41) is 6.13. The summed E-state index contributed by atoms with van der Waals surface area (Å²) in [4.78, 5) is 14.2. The van der Waals surface area contributed by atoms with Gasteiger partial charge in [-0.25, -0.2) is 10.0 Å². The molecule has 1 aliphatic heterocycles. The van der Waals surface area contributed by atoms with Crippen molar-refractivity contribution in [3.8, 4) is 0 Å². The van der Waals surface area contributed by atoms with E-state index < -0.39 is 0 Å². The lowest BCUT2D eigenvalue weighted by Crippen LogP contribution is -2.32. The highest BCUT2D eigenvalue weighted by molar-refractivity contribution is 5.52. The molecule has 2 aromatic heterocycles. The van der Waals surface area contributed by atoms with Gasteiger partial charge in [-0.05, 0) is 26.7 Å². The fourth-order valence-electron chi connectivity index (χ4n) is 2.07. The normalized spacial score (nSPS) is 16.7. The minimum Gasteiger partial charge on any atom is -0.272 e. The van der Waals surface area contributed by atoms with Crippen LogP contribution in [-0.2, 0) is 4.84 Å². The molecule has 0 amide bonds. The Kier molecular flexibility index (Phi) is 2.44. The highest BCUT2D eigenvalue weighted by Gasteiger charge is 2.20. The molecule has 0 spiro atoms. The molecule has 2 aromatic rings. The van der Waals surface area contributed by atoms with Crippen LogP contribution in [0.25, 0.3) is 5.78 Å². The quantitative estimate of drug-likeness (QED) is 0.742. The van der Waals surface area contributed by atoms with E-state index in [1.54, 1.807) is 4.52 Å². The maximum atomic E-state index is 5.69. The molecule has 3 rings (SSSR count). The van der Waals surface area contributed by atoms with E-state index in [0.29, 0.717) is 5.78 Å². The minimum absolute atomic E-state index is 0.622. The summed E-state index contributed by atoms with van der Waals surface area (Å²) < 4.78 is 1.74. The summed E-state index contributed by atoms with van der Waals surface area (Å²) in [6.45, 7) is 5.67. The van der Waals surface area contributed by atoms with Gasteiger partial charge in [0.05, 0.1) is 6.61 Å². The molecule has 0 aliphatic carbocycles. The maximum Gasteiger partial charge on any atom is 0.254 e. The number of hydrogen-bond acceptors (Lipinski definition) is 5. The summed E-state index contributed by atoms with van der Waals surface area (Å²) in [6.07, 6.45) is 3.77. The molecular weight excluding hydrogens is 218 g/mol. The Balaban J connectivity index is 2.18. The Labute approximate surface area is 99.2 Å². The molecular formula is C11H15N5O. The van der Waals surface area contributed by atoms with E-state index in [9.17, 15) is 0 Å². The average Bonchev–Trinajstić information content (AvgIpc) is 2.79. The largest absolute Gasteiger partial charge is 0.272 e. The zero-order valence-corrected chi connectivity index (χ0v) is 10.1. The number of anilines is 1. The first-order valence-electron chi connectivity index (χ1n) is 5.85. The fourth-order valence-corrected chi connectivity index (χ4v) is 2.07. The number of fused-ring (bicyclic) bond motifs is 1. The highest BCUT2D eigenvalue weighted by Crippen LogP contribution is 2.24. The van der Waals surface area contributed by atoms with Gasteiger partial charge in [0.1, 0.15) is 6.33 Å². The van der Waals surface area contributed by atoms with Crippen LogP contribution >= 0.6 is 0 Å². The lowest BCUT2D eigenvalue weighted by molar-refractivity contribution is 0.0749. The zero-order chi connectivity index (χ0) is 11.8. The van der Waals surface area contributed by atoms with Gasteiger partial charge in [-0.1, -0.05) is 0 Å². The van der Waals surface area contributed by atoms with Gasteiger partial charge in [0.25, 0.3) is 5.78 Å². The van der Waals surface area contributed by atoms with Crippen molar-refractivity contribution in [1.29, 1.82) is 0 Å². The van der Waals surface area contributed by atoms with Gasteiger partial charge < -0.3 is 0 Å². The van der Waals surface area contributed by atoms with Gasteiger partial charge in [0.2, 0.25) is 0 Å². The number of aryl methyl sites for hydroxylation is 1. The third-order valence-corrected chi connectivity index (χ3v) is 3.12. The monoisotopic (exact) mass is 233 g/mol. The van der Waals surface area contributed by atoms with Gasteiger partial charge in [-0.2, -0.15) is 14.6 Å². The molecule has 1 saturated heterocycles. The van der Waals surface area contributed by atoms with E-state index in [1.165, 1.54) is 6.33 Å². The van der Waals surface area contributed by atoms with E-state index in [4.69, 9.17) is 4.84 Å². The second kappa shape index (κ2) is 3.96. The molecule has 0 unspecified atom stereocenters. The molecule has 6 nitrogen and oxygen atoms in total. The summed E-state index contributed by atoms with van der Waals surface area (Å²) in [6, 6.07) is 0. The summed E-state index contributed by atoms with van der Waals surface area (Å²) in [5.74, 6) is 1.57. The molecule has 0 atom stereocenters. The van der Waals surface area contributed by atoms with Gasteiger partial charge in [0, 0.05) is 17.8 Å². The van der Waals surface area contributed by atoms with E-state index in [2.05, 4.69) is 15.1 Å². The Morgan fingerprint density at radius 1 is 1.29 bits per heavy atom. The molecule has 0 bridgehead atoms. The molecule has 90 valence electrons. The predicted octanol–water partition coefficient (Wildman–Crippen LogP) is 1.27. The van der Waals surface area contributed by atoms with Crippen LogP contribution in [0.5, 0.6) is 0 Å². The van der Waals surface area contributed by atoms with Crippen LogP contribution in [0.15, 0.2) is 6.33 Å². The third kappa shape index (κ3) is 1.64. The predicted molar refractivity (Wildman–Crippen MR) is 62.8 cm³/mol. The molecule has 0 radical (unpaired) electrons. The number of nitrogens with zero attached hydrogens (tertiary/aromatic N) is 5. The van der Waals surface area contributed by atoms with Crippen molar-refractivity contribution in [3.63, 3.8) is 0 Å². The maximum absolute atomic E-state index is 5.69. The Bertz CT molecular complexity index is 544. The second-order valence-electron chi connectivity index (χ2n) is 4.26. The van der Waals surface area contributed by atoms with E-state index in [-0.39, 0.29) is 0 Å². The van der Waals surface area contributed by atoms with Crippen molar-refractivity contribution in [1.82, 2.24) is 19.6 Å². The standard InChI is InChI=1S/C11H15N5O/c1-8-9(2)14-11-12-7-13-16(11)10(8)15-5-3-4-6-17-15/h7H,3-6H2,1-2H3. The van der Waals surface area contributed by atoms with Crippen LogP contribution in [0.1, 0.15) is 24.1 Å². The summed E-state index contributed by atoms with van der Waals surface area (Å²) in [7, 11) is 0. The van der Waals surface area contributed by atoms with Crippen LogP contribution < -0.4 is 5.06 Å². The number of hydroxylamine groups is 1. The van der Waals surface area contributed by atoms with Gasteiger partial charge >= 0.3 is 0 Å². The smallest absolute Gasteiger partial charge is 0.254 e. The van der Waals surface area contributed by atoms with E-state index >= 15 is 0 Å². The minimum atomic E-state index is 0.622. The molecule has 0 N–H and O–H groups in total. The summed E-state index contributed by atoms with van der Waals surface area (Å²) >= 11 is 0. The lowest BCUT2D eigenvalue weighted by atomic mass is 10.2. The van der Waals surface area contributed by atoms with E-state index in [0.717, 1.165) is 43.1 Å². The highest BCUT2D eigenvalue weighted by atomic mass is 16.7. The molecule has 6 heteroatoms. The van der Waals surface area contributed by atoms with Crippen LogP contribution in [0, 0.1) is 13.8 Å². The van der Waals surface area contributed by atoms with Crippen LogP contribution in [0.3, 0.4) is 0 Å². The van der Waals surface area contributed by atoms with Crippen molar-refractivity contribution in [2.75, 3.05) is 18.2 Å². The van der Waals surface area contributed by atoms with Crippen molar-refractivity contribution in [2.45, 2.75) is 26.7 Å². The van der Waals surface area contributed by atoms with Crippen LogP contribution in [0.4, 0.5) is 5.82 Å². The SMILES string of the molecule is Cc1nc2ncnn2c(N2CCCCO2)c1C. The number of hydrogen-bond donors (Lipinski definition) is 0. The molecule has 1 fully saturated rings. The molecule has 0 saturated carbocycles. The summed E-state index contributed by atoms with van der Waals surface area (Å²) in [5.41, 5.74) is 2.06. The first-order valence-corrected chi connectivity index (χ1v) is 5.85. The molecule has 0 aromatic carbocycles. The van der Waals surface area contributed by atoms with Crippen molar-refractivity contribution >= 4 is 11.6 Å². The molecule has 3 heterocycles. The second-order valence-corrected chi connectivity index (χ2v) is 4.26. The topological polar surface area (TPSA) is 55.5 Å². The van der Waals surface area contributed by atoms with Gasteiger partial charge in [-0.3, -0.25) is 4.84 Å². The van der Waals surface area contributed by atoms with Crippen molar-refractivity contribution in [2.24, 2.45) is 0 Å². The van der Waals surface area contributed by atoms with Gasteiger partial charge in [-0.15, -0.1) is 0 Å². The average molecular weight is 233 g/mol. The van der Waals surface area contributed by atoms with Crippen LogP contribution in [0.2, 0.25) is 0 Å². The molecule has 17 heavy (non-hydrogen) atoms. The van der Waals surface area contributed by atoms with Crippen molar-refractivity contribution in [3.05, 3.63) is 17.6 Å². The van der Waals surface area contributed by atoms with Crippen LogP contribution in [-0.4, -0.2) is 32.7 Å². The first kappa shape index (κ1) is 10.5. The van der Waals surface area contributed by atoms with E-state index in [1.807, 2.05) is 18.9 Å². The number of aromatic nitrogens is 4. The van der Waals surface area contributed by atoms with Crippen molar-refractivity contribution < 1.29 is 4.84 Å². The first-order chi connectivity index (χ1) is 8.27. The Morgan fingerprint density at radius 3 is 2.94 bits per heavy atom. The number of rotatable bonds is 1. The third-order valence-electron chi connectivity index (χ3n) is 3.12. The fraction of sp³-hybridized carbons (Fsp3) is 0.545. The lowest BCUT2D eigenvalue weighted by Gasteiger charge is -2.29.